The van der Waals surface area contributed by atoms with Crippen molar-refractivity contribution in [3.8, 4) is 0 Å². The third-order valence-electron chi connectivity index (χ3n) is 4.65. The number of hydrogen-bond donors (Lipinski definition) is 0. The van der Waals surface area contributed by atoms with Gasteiger partial charge in [-0.25, -0.2) is 0 Å². The van der Waals surface area contributed by atoms with Crippen LogP contribution in [0.25, 0.3) is 0 Å². The van der Waals surface area contributed by atoms with E-state index in [1.165, 1.54) is 0 Å². The highest BCUT2D eigenvalue weighted by atomic mass is 35.5. The van der Waals surface area contributed by atoms with E-state index in [-0.39, 0.29) is 17.8 Å². The molecule has 0 spiro atoms. The second-order valence-corrected chi connectivity index (χ2v) is 6.77. The molecular weight excluding hydrogens is 354 g/mol. The van der Waals surface area contributed by atoms with Crippen LogP contribution in [0, 0.1) is 17.0 Å². The van der Waals surface area contributed by atoms with Gasteiger partial charge in [0.05, 0.1) is 17.0 Å². The Morgan fingerprint density at radius 3 is 2.50 bits per heavy atom. The number of benzene rings is 2. The van der Waals surface area contributed by atoms with Crippen LogP contribution >= 0.6 is 11.6 Å². The van der Waals surface area contributed by atoms with Gasteiger partial charge in [0.25, 0.3) is 0 Å². The molecule has 26 heavy (non-hydrogen) atoms. The summed E-state index contributed by atoms with van der Waals surface area (Å²) in [7, 11) is 0. The maximum absolute atomic E-state index is 11.5. The summed E-state index contributed by atoms with van der Waals surface area (Å²) < 4.78 is 5.36. The maximum Gasteiger partial charge on any atom is 0.336 e. The number of aromatic nitrogens is 1. The maximum atomic E-state index is 11.5. The molecule has 2 aromatic carbocycles. The first-order valence-electron chi connectivity index (χ1n) is 8.22. The van der Waals surface area contributed by atoms with Crippen LogP contribution in [0.4, 0.5) is 5.69 Å². The van der Waals surface area contributed by atoms with Gasteiger partial charge >= 0.3 is 5.69 Å². The second-order valence-electron chi connectivity index (χ2n) is 6.34. The fourth-order valence-electron chi connectivity index (χ4n) is 3.39. The molecule has 132 valence electrons. The van der Waals surface area contributed by atoms with Gasteiger partial charge in [-0.2, -0.15) is 0 Å². The molecule has 0 amide bonds. The average molecular weight is 370 g/mol. The Hall–Kier alpha value is -2.70. The van der Waals surface area contributed by atoms with Gasteiger partial charge < -0.3 is 4.52 Å². The van der Waals surface area contributed by atoms with Crippen LogP contribution in [0.5, 0.6) is 0 Å². The van der Waals surface area contributed by atoms with Crippen LogP contribution in [0.1, 0.15) is 34.7 Å². The summed E-state index contributed by atoms with van der Waals surface area (Å²) in [5.74, 6) is 0.309. The predicted molar refractivity (Wildman–Crippen MR) is 96.8 cm³/mol. The molecule has 0 aliphatic carbocycles. The molecule has 2 heterocycles. The SMILES string of the molecule is Cc1noc([C@@H]2[C@H](c3ccc(Cl)cc3)N2Cc2ccccc2)c1[N+](=O)[O-]. The summed E-state index contributed by atoms with van der Waals surface area (Å²) in [5.41, 5.74) is 2.43. The number of nitrogens with zero attached hydrogens (tertiary/aromatic N) is 3. The molecule has 0 radical (unpaired) electrons. The van der Waals surface area contributed by atoms with Crippen molar-refractivity contribution in [1.29, 1.82) is 0 Å². The summed E-state index contributed by atoms with van der Waals surface area (Å²) in [6, 6.07) is 17.3. The fraction of sp³-hybridized carbons (Fsp3) is 0.211. The molecule has 3 atom stereocenters. The van der Waals surface area contributed by atoms with Crippen molar-refractivity contribution >= 4 is 17.3 Å². The van der Waals surface area contributed by atoms with Crippen LogP contribution in [0.3, 0.4) is 0 Å². The van der Waals surface area contributed by atoms with Gasteiger partial charge in [0.1, 0.15) is 0 Å². The molecular formula is C19H16ClN3O3. The molecule has 0 bridgehead atoms. The Balaban J connectivity index is 1.70. The standard InChI is InChI=1S/C19H16ClN3O3/c1-12-16(23(24)25)19(26-21-12)18-17(14-7-9-15(20)10-8-14)22(18)11-13-5-3-2-4-6-13/h2-10,17-18H,11H2,1H3/t17-,18-,22?/m0/s1. The molecule has 1 fully saturated rings. The topological polar surface area (TPSA) is 72.2 Å². The monoisotopic (exact) mass is 369 g/mol. The molecule has 1 aliphatic heterocycles. The zero-order chi connectivity index (χ0) is 18.3. The quantitative estimate of drug-likeness (QED) is 0.365. The van der Waals surface area contributed by atoms with Crippen molar-refractivity contribution in [3.05, 3.63) is 92.3 Å². The number of aryl methyl sites for hydroxylation is 1. The van der Waals surface area contributed by atoms with Crippen molar-refractivity contribution in [2.24, 2.45) is 0 Å². The number of rotatable bonds is 5. The summed E-state index contributed by atoms with van der Waals surface area (Å²) >= 11 is 5.99. The Bertz CT molecular complexity index is 940. The lowest BCUT2D eigenvalue weighted by Gasteiger charge is -2.04. The highest BCUT2D eigenvalue weighted by Crippen LogP contribution is 2.57. The number of nitro groups is 1. The van der Waals surface area contributed by atoms with Gasteiger partial charge in [0.15, 0.2) is 5.69 Å². The van der Waals surface area contributed by atoms with Crippen LogP contribution in [0.2, 0.25) is 5.02 Å². The first-order valence-corrected chi connectivity index (χ1v) is 8.59. The van der Waals surface area contributed by atoms with Crippen LogP contribution in [-0.2, 0) is 6.54 Å². The third kappa shape index (κ3) is 2.98. The molecule has 4 rings (SSSR count). The van der Waals surface area contributed by atoms with Gasteiger partial charge in [-0.1, -0.05) is 59.2 Å². The van der Waals surface area contributed by atoms with Gasteiger partial charge in [-0.15, -0.1) is 0 Å². The van der Waals surface area contributed by atoms with Crippen molar-refractivity contribution in [3.63, 3.8) is 0 Å². The average Bonchev–Trinajstić information content (AvgIpc) is 3.18. The number of halogens is 1. The minimum Gasteiger partial charge on any atom is -0.352 e. The van der Waals surface area contributed by atoms with E-state index in [2.05, 4.69) is 10.1 Å². The van der Waals surface area contributed by atoms with Gasteiger partial charge in [-0.3, -0.25) is 15.0 Å². The van der Waals surface area contributed by atoms with Crippen LogP contribution in [-0.4, -0.2) is 15.0 Å². The van der Waals surface area contributed by atoms with Crippen LogP contribution < -0.4 is 0 Å². The largest absolute Gasteiger partial charge is 0.352 e. The Labute approximate surface area is 155 Å². The second kappa shape index (κ2) is 6.55. The van der Waals surface area contributed by atoms with E-state index in [1.54, 1.807) is 6.92 Å². The number of hydrogen-bond acceptors (Lipinski definition) is 5. The highest BCUT2D eigenvalue weighted by Gasteiger charge is 2.55. The van der Waals surface area contributed by atoms with Crippen molar-refractivity contribution in [1.82, 2.24) is 10.1 Å². The lowest BCUT2D eigenvalue weighted by Crippen LogP contribution is -2.00. The highest BCUT2D eigenvalue weighted by molar-refractivity contribution is 6.30. The zero-order valence-electron chi connectivity index (χ0n) is 14.0. The minimum atomic E-state index is -0.418. The molecule has 1 aromatic heterocycles. The molecule has 0 saturated carbocycles. The minimum absolute atomic E-state index is 0.0153. The zero-order valence-corrected chi connectivity index (χ0v) is 14.8. The van der Waals surface area contributed by atoms with E-state index in [0.29, 0.717) is 23.0 Å². The third-order valence-corrected chi connectivity index (χ3v) is 4.90. The first kappa shape index (κ1) is 16.8. The summed E-state index contributed by atoms with van der Waals surface area (Å²) in [5, 5.41) is 15.9. The lowest BCUT2D eigenvalue weighted by atomic mass is 10.1. The summed E-state index contributed by atoms with van der Waals surface area (Å²) in [4.78, 5) is 13.2. The fourth-order valence-corrected chi connectivity index (χ4v) is 3.52. The van der Waals surface area contributed by atoms with Crippen LogP contribution in [0.15, 0.2) is 59.1 Å². The van der Waals surface area contributed by atoms with E-state index in [1.807, 2.05) is 54.6 Å². The first-order chi connectivity index (χ1) is 12.6. The molecule has 1 aliphatic rings. The van der Waals surface area contributed by atoms with E-state index in [9.17, 15) is 10.1 Å². The lowest BCUT2D eigenvalue weighted by molar-refractivity contribution is -0.386. The smallest absolute Gasteiger partial charge is 0.336 e. The summed E-state index contributed by atoms with van der Waals surface area (Å²) in [6.07, 6.45) is 0. The van der Waals surface area contributed by atoms with Crippen molar-refractivity contribution in [2.75, 3.05) is 0 Å². The molecule has 1 unspecified atom stereocenters. The van der Waals surface area contributed by atoms with E-state index >= 15 is 0 Å². The summed E-state index contributed by atoms with van der Waals surface area (Å²) in [6.45, 7) is 2.25. The normalized spacial score (nSPS) is 21.5. The predicted octanol–water partition coefficient (Wildman–Crippen LogP) is 4.84. The molecule has 6 nitrogen and oxygen atoms in total. The van der Waals surface area contributed by atoms with E-state index in [0.717, 1.165) is 11.1 Å². The van der Waals surface area contributed by atoms with E-state index in [4.69, 9.17) is 16.1 Å². The Morgan fingerprint density at radius 2 is 1.85 bits per heavy atom. The van der Waals surface area contributed by atoms with Gasteiger partial charge in [0.2, 0.25) is 5.76 Å². The van der Waals surface area contributed by atoms with Gasteiger partial charge in [-0.05, 0) is 30.2 Å². The molecule has 3 aromatic rings. The molecule has 7 heteroatoms. The molecule has 1 saturated heterocycles. The van der Waals surface area contributed by atoms with E-state index < -0.39 is 4.92 Å². The van der Waals surface area contributed by atoms with Crippen molar-refractivity contribution < 1.29 is 9.45 Å². The van der Waals surface area contributed by atoms with Crippen molar-refractivity contribution in [2.45, 2.75) is 25.6 Å². The molecule has 0 N–H and O–H groups in total. The Kier molecular flexibility index (Phi) is 4.22. The van der Waals surface area contributed by atoms with Gasteiger partial charge in [0, 0.05) is 11.6 Å². The Morgan fingerprint density at radius 1 is 1.15 bits per heavy atom.